The van der Waals surface area contributed by atoms with Gasteiger partial charge in [-0.1, -0.05) is 6.07 Å². The molecular weight excluding hydrogens is 304 g/mol. The molecule has 8 heteroatoms. The number of nitrogens with zero attached hydrogens (tertiary/aromatic N) is 1. The summed E-state index contributed by atoms with van der Waals surface area (Å²) in [5.41, 5.74) is 0.226. The second kappa shape index (κ2) is 6.53. The second-order valence-electron chi connectivity index (χ2n) is 4.35. The number of ether oxygens (including phenoxy) is 1. The zero-order valence-corrected chi connectivity index (χ0v) is 12.8. The van der Waals surface area contributed by atoms with Gasteiger partial charge in [0.2, 0.25) is 10.0 Å². The lowest BCUT2D eigenvalue weighted by Gasteiger charge is -2.34. The maximum absolute atomic E-state index is 12.4. The fraction of sp³-hybridized carbons (Fsp3) is 0.417. The maximum Gasteiger partial charge on any atom is 0.337 e. The standard InChI is InChI=1S/C12H16N2O4S.ClH/c1-14(10-7-13-8-10)19(16,17)11-5-3-4-9(6-11)12(15)18-2;/h3-6,10,13H,7-8H2,1-2H3;1H. The predicted molar refractivity (Wildman–Crippen MR) is 76.6 cm³/mol. The number of hydrogen-bond acceptors (Lipinski definition) is 5. The molecular formula is C12H17ClN2O4S. The molecule has 2 rings (SSSR count). The lowest BCUT2D eigenvalue weighted by Crippen LogP contribution is -2.57. The number of sulfonamides is 1. The van der Waals surface area contributed by atoms with E-state index in [1.54, 1.807) is 7.05 Å². The largest absolute Gasteiger partial charge is 0.465 e. The first kappa shape index (κ1) is 16.9. The molecule has 0 bridgehead atoms. The van der Waals surface area contributed by atoms with E-state index in [1.807, 2.05) is 0 Å². The summed E-state index contributed by atoms with van der Waals surface area (Å²) in [5, 5.41) is 3.02. The van der Waals surface area contributed by atoms with Gasteiger partial charge in [0.15, 0.2) is 0 Å². The monoisotopic (exact) mass is 320 g/mol. The van der Waals surface area contributed by atoms with Crippen LogP contribution in [-0.4, -0.2) is 52.0 Å². The van der Waals surface area contributed by atoms with E-state index in [0.29, 0.717) is 13.1 Å². The third kappa shape index (κ3) is 3.12. The Kier molecular flexibility index (Phi) is 5.52. The normalized spacial score (nSPS) is 15.3. The number of likely N-dealkylation sites (N-methyl/N-ethyl adjacent to an activating group) is 1. The van der Waals surface area contributed by atoms with E-state index in [0.717, 1.165) is 0 Å². The lowest BCUT2D eigenvalue weighted by molar-refractivity contribution is 0.0600. The van der Waals surface area contributed by atoms with Crippen LogP contribution in [-0.2, 0) is 14.8 Å². The van der Waals surface area contributed by atoms with Crippen molar-refractivity contribution in [2.45, 2.75) is 10.9 Å². The van der Waals surface area contributed by atoms with Gasteiger partial charge in [-0.3, -0.25) is 0 Å². The highest BCUT2D eigenvalue weighted by Gasteiger charge is 2.31. The zero-order valence-electron chi connectivity index (χ0n) is 11.2. The van der Waals surface area contributed by atoms with Crippen molar-refractivity contribution in [3.8, 4) is 0 Å². The second-order valence-corrected chi connectivity index (χ2v) is 6.35. The summed E-state index contributed by atoms with van der Waals surface area (Å²) in [6.07, 6.45) is 0. The van der Waals surface area contributed by atoms with Gasteiger partial charge in [-0.15, -0.1) is 12.4 Å². The number of halogens is 1. The fourth-order valence-corrected chi connectivity index (χ4v) is 3.19. The molecule has 1 aromatic carbocycles. The van der Waals surface area contributed by atoms with E-state index in [1.165, 1.54) is 35.7 Å². The highest BCUT2D eigenvalue weighted by molar-refractivity contribution is 7.89. The van der Waals surface area contributed by atoms with E-state index >= 15 is 0 Å². The lowest BCUT2D eigenvalue weighted by atomic mass is 10.2. The summed E-state index contributed by atoms with van der Waals surface area (Å²) in [7, 11) is -0.771. The first-order valence-corrected chi connectivity index (χ1v) is 7.28. The van der Waals surface area contributed by atoms with Crippen LogP contribution in [0.3, 0.4) is 0 Å². The van der Waals surface area contributed by atoms with Crippen molar-refractivity contribution in [1.82, 2.24) is 9.62 Å². The van der Waals surface area contributed by atoms with Gasteiger partial charge < -0.3 is 10.1 Å². The number of hydrogen-bond donors (Lipinski definition) is 1. The van der Waals surface area contributed by atoms with Gasteiger partial charge in [-0.05, 0) is 18.2 Å². The Morgan fingerprint density at radius 3 is 2.55 bits per heavy atom. The summed E-state index contributed by atoms with van der Waals surface area (Å²) < 4.78 is 30.7. The Hall–Kier alpha value is -1.15. The molecule has 0 saturated carbocycles. The summed E-state index contributed by atoms with van der Waals surface area (Å²) in [5.74, 6) is -0.551. The number of esters is 1. The number of methoxy groups -OCH3 is 1. The van der Waals surface area contributed by atoms with Crippen molar-refractivity contribution >= 4 is 28.4 Å². The minimum atomic E-state index is -3.58. The quantitative estimate of drug-likeness (QED) is 0.817. The van der Waals surface area contributed by atoms with Crippen molar-refractivity contribution in [3.63, 3.8) is 0 Å². The minimum absolute atomic E-state index is 0. The number of benzene rings is 1. The Balaban J connectivity index is 0.00000200. The molecule has 0 unspecified atom stereocenters. The van der Waals surface area contributed by atoms with Crippen LogP contribution in [0.2, 0.25) is 0 Å². The summed E-state index contributed by atoms with van der Waals surface area (Å²) in [4.78, 5) is 11.5. The van der Waals surface area contributed by atoms with Gasteiger partial charge in [0.05, 0.1) is 17.6 Å². The molecule has 112 valence electrons. The molecule has 6 nitrogen and oxygen atoms in total. The van der Waals surface area contributed by atoms with Crippen LogP contribution in [0, 0.1) is 0 Å². The Morgan fingerprint density at radius 1 is 1.40 bits per heavy atom. The third-order valence-electron chi connectivity index (χ3n) is 3.21. The first-order chi connectivity index (χ1) is 8.96. The van der Waals surface area contributed by atoms with Gasteiger partial charge >= 0.3 is 5.97 Å². The highest BCUT2D eigenvalue weighted by atomic mass is 35.5. The molecule has 1 N–H and O–H groups in total. The summed E-state index contributed by atoms with van der Waals surface area (Å²) in [6, 6.07) is 5.84. The highest BCUT2D eigenvalue weighted by Crippen LogP contribution is 2.19. The number of rotatable bonds is 4. The Morgan fingerprint density at radius 2 is 2.05 bits per heavy atom. The molecule has 1 aliphatic rings. The SMILES string of the molecule is COC(=O)c1cccc(S(=O)(=O)N(C)C2CNC2)c1.Cl. The topological polar surface area (TPSA) is 75.7 Å². The number of carbonyl (C=O) groups excluding carboxylic acids is 1. The molecule has 20 heavy (non-hydrogen) atoms. The van der Waals surface area contributed by atoms with Crippen molar-refractivity contribution in [2.24, 2.45) is 0 Å². The number of carbonyl (C=O) groups is 1. The molecule has 1 aliphatic heterocycles. The molecule has 0 radical (unpaired) electrons. The van der Waals surface area contributed by atoms with Crippen LogP contribution >= 0.6 is 12.4 Å². The van der Waals surface area contributed by atoms with Crippen molar-refractivity contribution < 1.29 is 17.9 Å². The average molecular weight is 321 g/mol. The van der Waals surface area contributed by atoms with Crippen molar-refractivity contribution in [2.75, 3.05) is 27.2 Å². The average Bonchev–Trinajstić information content (AvgIpc) is 2.35. The van der Waals surface area contributed by atoms with Gasteiger partial charge in [-0.25, -0.2) is 13.2 Å². The van der Waals surface area contributed by atoms with E-state index < -0.39 is 16.0 Å². The van der Waals surface area contributed by atoms with E-state index in [-0.39, 0.29) is 28.9 Å². The molecule has 0 atom stereocenters. The van der Waals surface area contributed by atoms with Gasteiger partial charge in [-0.2, -0.15) is 4.31 Å². The summed E-state index contributed by atoms with van der Waals surface area (Å²) >= 11 is 0. The van der Waals surface area contributed by atoms with Crippen LogP contribution in [0.1, 0.15) is 10.4 Å². The van der Waals surface area contributed by atoms with Crippen LogP contribution in [0.25, 0.3) is 0 Å². The fourth-order valence-electron chi connectivity index (χ4n) is 1.79. The van der Waals surface area contributed by atoms with Gasteiger partial charge in [0.25, 0.3) is 0 Å². The molecule has 1 saturated heterocycles. The molecule has 0 amide bonds. The van der Waals surface area contributed by atoms with Crippen LogP contribution < -0.4 is 5.32 Å². The predicted octanol–water partition coefficient (Wildman–Crippen LogP) is 0.487. The van der Waals surface area contributed by atoms with Crippen LogP contribution in [0.15, 0.2) is 29.2 Å². The molecule has 1 heterocycles. The molecule has 1 fully saturated rings. The Labute approximate surface area is 124 Å². The molecule has 0 aromatic heterocycles. The first-order valence-electron chi connectivity index (χ1n) is 5.84. The van der Waals surface area contributed by atoms with Crippen molar-refractivity contribution in [3.05, 3.63) is 29.8 Å². The third-order valence-corrected chi connectivity index (χ3v) is 5.11. The van der Waals surface area contributed by atoms with E-state index in [9.17, 15) is 13.2 Å². The van der Waals surface area contributed by atoms with Crippen LogP contribution in [0.4, 0.5) is 0 Å². The zero-order chi connectivity index (χ0) is 14.0. The van der Waals surface area contributed by atoms with Gasteiger partial charge in [0.1, 0.15) is 0 Å². The molecule has 1 aromatic rings. The maximum atomic E-state index is 12.4. The molecule has 0 aliphatic carbocycles. The van der Waals surface area contributed by atoms with E-state index in [2.05, 4.69) is 10.1 Å². The minimum Gasteiger partial charge on any atom is -0.465 e. The van der Waals surface area contributed by atoms with Crippen LogP contribution in [0.5, 0.6) is 0 Å². The van der Waals surface area contributed by atoms with Gasteiger partial charge in [0, 0.05) is 26.2 Å². The van der Waals surface area contributed by atoms with E-state index in [4.69, 9.17) is 0 Å². The molecule has 0 spiro atoms. The number of nitrogens with one attached hydrogen (secondary N) is 1. The summed E-state index contributed by atoms with van der Waals surface area (Å²) in [6.45, 7) is 1.29. The van der Waals surface area contributed by atoms with Crippen molar-refractivity contribution in [1.29, 1.82) is 0 Å². The Bertz CT molecular complexity index is 587. The smallest absolute Gasteiger partial charge is 0.337 e.